The van der Waals surface area contributed by atoms with Gasteiger partial charge in [-0.05, 0) is 41.0 Å². The van der Waals surface area contributed by atoms with E-state index in [9.17, 15) is 4.79 Å². The minimum atomic E-state index is -2.64. The lowest BCUT2D eigenvalue weighted by molar-refractivity contribution is 0.0708. The molecule has 0 aliphatic rings. The summed E-state index contributed by atoms with van der Waals surface area (Å²) >= 11 is 0. The van der Waals surface area contributed by atoms with E-state index in [1.807, 2.05) is 20.8 Å². The van der Waals surface area contributed by atoms with Crippen LogP contribution in [0.5, 0.6) is 0 Å². The number of nitrogens with zero attached hydrogens (tertiary/aromatic N) is 3. The van der Waals surface area contributed by atoms with Crippen LogP contribution in [0.2, 0.25) is 6.04 Å². The summed E-state index contributed by atoms with van der Waals surface area (Å²) in [4.78, 5) is 16.2. The van der Waals surface area contributed by atoms with Gasteiger partial charge in [-0.3, -0.25) is 0 Å². The van der Waals surface area contributed by atoms with Crippen molar-refractivity contribution >= 4 is 14.8 Å². The van der Waals surface area contributed by atoms with E-state index < -0.39 is 8.80 Å². The first-order valence-electron chi connectivity index (χ1n) is 8.08. The number of carbonyl (C=O) groups is 1. The molecule has 1 amide bonds. The molecule has 1 aromatic heterocycles. The van der Waals surface area contributed by atoms with Crippen molar-refractivity contribution in [3.05, 3.63) is 11.6 Å². The number of carbonyl (C=O) groups excluding carboxylic acids is 1. The van der Waals surface area contributed by atoms with Crippen LogP contribution in [0.15, 0.2) is 0 Å². The van der Waals surface area contributed by atoms with Crippen LogP contribution in [0.1, 0.15) is 38.8 Å². The molecule has 0 unspecified atom stereocenters. The lowest BCUT2D eigenvalue weighted by Gasteiger charge is -2.28. The van der Waals surface area contributed by atoms with Crippen molar-refractivity contribution in [2.45, 2.75) is 47.1 Å². The van der Waals surface area contributed by atoms with Gasteiger partial charge in [-0.2, -0.15) is 4.68 Å². The van der Waals surface area contributed by atoms with Gasteiger partial charge in [0.2, 0.25) is 0 Å². The van der Waals surface area contributed by atoms with Gasteiger partial charge in [0.15, 0.2) is 0 Å². The number of aryl methyl sites for hydroxylation is 2. The molecule has 0 aromatic carbocycles. The van der Waals surface area contributed by atoms with Gasteiger partial charge < -0.3 is 18.6 Å². The molecule has 1 aromatic rings. The maximum Gasteiger partial charge on any atom is 0.500 e. The summed E-state index contributed by atoms with van der Waals surface area (Å²) in [5.41, 5.74) is 0. The number of hydrogen-bond donors (Lipinski definition) is 1. The van der Waals surface area contributed by atoms with Crippen LogP contribution in [-0.2, 0) is 13.3 Å². The van der Waals surface area contributed by atoms with E-state index in [4.69, 9.17) is 13.3 Å². The number of nitrogens with one attached hydrogen (secondary N) is 1. The summed E-state index contributed by atoms with van der Waals surface area (Å²) in [6.07, 6.45) is 0.713. The maximum absolute atomic E-state index is 12.0. The van der Waals surface area contributed by atoms with E-state index in [2.05, 4.69) is 15.4 Å². The first-order valence-corrected chi connectivity index (χ1v) is 10.0. The fourth-order valence-electron chi connectivity index (χ4n) is 2.29. The van der Waals surface area contributed by atoms with Gasteiger partial charge in [0.25, 0.3) is 0 Å². The van der Waals surface area contributed by atoms with Crippen molar-refractivity contribution in [2.24, 2.45) is 0 Å². The van der Waals surface area contributed by atoms with E-state index in [0.29, 0.717) is 50.5 Å². The molecule has 0 aliphatic heterocycles. The highest BCUT2D eigenvalue weighted by Gasteiger charge is 2.39. The summed E-state index contributed by atoms with van der Waals surface area (Å²) in [6.45, 7) is 11.4. The van der Waals surface area contributed by atoms with E-state index in [1.54, 1.807) is 13.8 Å². The number of hydrogen-bond acceptors (Lipinski definition) is 6. The van der Waals surface area contributed by atoms with Gasteiger partial charge in [-0.25, -0.2) is 9.78 Å². The van der Waals surface area contributed by atoms with Gasteiger partial charge in [-0.1, -0.05) is 0 Å². The van der Waals surface area contributed by atoms with Crippen LogP contribution in [0.25, 0.3) is 0 Å². The summed E-state index contributed by atoms with van der Waals surface area (Å²) in [5.74, 6) is 1.15. The average molecular weight is 344 g/mol. The Bertz CT molecular complexity index is 478. The summed E-state index contributed by atoms with van der Waals surface area (Å²) in [5, 5.41) is 6.88. The molecule has 0 radical (unpaired) electrons. The Labute approximate surface area is 138 Å². The Morgan fingerprint density at radius 2 is 1.70 bits per heavy atom. The number of aromatic nitrogens is 3. The highest BCUT2D eigenvalue weighted by atomic mass is 28.4. The minimum Gasteiger partial charge on any atom is -0.374 e. The molecule has 9 heteroatoms. The predicted molar refractivity (Wildman–Crippen MR) is 88.3 cm³/mol. The van der Waals surface area contributed by atoms with E-state index in [-0.39, 0.29) is 6.03 Å². The van der Waals surface area contributed by atoms with Crippen molar-refractivity contribution in [3.8, 4) is 0 Å². The summed E-state index contributed by atoms with van der Waals surface area (Å²) in [7, 11) is -2.64. The molecule has 0 saturated carbocycles. The largest absolute Gasteiger partial charge is 0.500 e. The molecular formula is C14H28N4O4Si. The SMILES string of the molecule is CCO[Si](CCCNC(=O)n1nc(C)nc1C)(OCC)OCC. The van der Waals surface area contributed by atoms with Crippen LogP contribution in [0, 0.1) is 13.8 Å². The van der Waals surface area contributed by atoms with Crippen LogP contribution < -0.4 is 5.32 Å². The predicted octanol–water partition coefficient (Wildman–Crippen LogP) is 1.89. The molecule has 1 N–H and O–H groups in total. The Balaban J connectivity index is 2.49. The molecule has 0 bridgehead atoms. The van der Waals surface area contributed by atoms with Gasteiger partial charge in [0.1, 0.15) is 11.6 Å². The summed E-state index contributed by atoms with van der Waals surface area (Å²) in [6, 6.07) is 0.387. The van der Waals surface area contributed by atoms with Crippen LogP contribution in [0.4, 0.5) is 4.79 Å². The fraction of sp³-hybridized carbons (Fsp3) is 0.786. The minimum absolute atomic E-state index is 0.278. The highest BCUT2D eigenvalue weighted by molar-refractivity contribution is 6.60. The number of amides is 1. The van der Waals surface area contributed by atoms with Crippen LogP contribution in [0.3, 0.4) is 0 Å². The van der Waals surface area contributed by atoms with Crippen molar-refractivity contribution in [1.29, 1.82) is 0 Å². The average Bonchev–Trinajstić information content (AvgIpc) is 2.83. The zero-order chi connectivity index (χ0) is 17.3. The molecule has 1 rings (SSSR count). The standard InChI is InChI=1S/C14H28N4O4Si/c1-6-20-23(21-7-2,22-8-3)11-9-10-15-14(19)18-13(5)16-12(4)17-18/h6-11H2,1-5H3,(H,15,19). The quantitative estimate of drug-likeness (QED) is 0.515. The molecule has 132 valence electrons. The van der Waals surface area contributed by atoms with Crippen LogP contribution >= 0.6 is 0 Å². The molecular weight excluding hydrogens is 316 g/mol. The van der Waals surface area contributed by atoms with E-state index >= 15 is 0 Å². The smallest absolute Gasteiger partial charge is 0.374 e. The molecule has 0 fully saturated rings. The van der Waals surface area contributed by atoms with E-state index in [1.165, 1.54) is 4.68 Å². The zero-order valence-corrected chi connectivity index (χ0v) is 15.7. The second kappa shape index (κ2) is 9.76. The molecule has 23 heavy (non-hydrogen) atoms. The monoisotopic (exact) mass is 344 g/mol. The van der Waals surface area contributed by atoms with Gasteiger partial charge in [0, 0.05) is 32.4 Å². The second-order valence-electron chi connectivity index (χ2n) is 4.94. The first kappa shape index (κ1) is 19.8. The maximum atomic E-state index is 12.0. The lowest BCUT2D eigenvalue weighted by atomic mass is 10.5. The fourth-order valence-corrected chi connectivity index (χ4v) is 4.90. The molecule has 0 saturated heterocycles. The lowest BCUT2D eigenvalue weighted by Crippen LogP contribution is -2.46. The third-order valence-electron chi connectivity index (χ3n) is 3.10. The molecule has 1 heterocycles. The number of rotatable bonds is 10. The van der Waals surface area contributed by atoms with Crippen molar-refractivity contribution < 1.29 is 18.1 Å². The Morgan fingerprint density at radius 3 is 2.13 bits per heavy atom. The van der Waals surface area contributed by atoms with E-state index in [0.717, 1.165) is 0 Å². The summed E-state index contributed by atoms with van der Waals surface area (Å²) < 4.78 is 18.6. The van der Waals surface area contributed by atoms with Gasteiger partial charge >= 0.3 is 14.8 Å². The zero-order valence-electron chi connectivity index (χ0n) is 14.7. The van der Waals surface area contributed by atoms with Crippen LogP contribution in [-0.4, -0.2) is 56.0 Å². The molecule has 8 nitrogen and oxygen atoms in total. The Kier molecular flexibility index (Phi) is 8.38. The third-order valence-corrected chi connectivity index (χ3v) is 6.25. The van der Waals surface area contributed by atoms with Gasteiger partial charge in [0.05, 0.1) is 0 Å². The Hall–Kier alpha value is -1.29. The third kappa shape index (κ3) is 6.02. The second-order valence-corrected chi connectivity index (χ2v) is 7.67. The van der Waals surface area contributed by atoms with Crippen molar-refractivity contribution in [1.82, 2.24) is 20.1 Å². The van der Waals surface area contributed by atoms with Crippen molar-refractivity contribution in [2.75, 3.05) is 26.4 Å². The molecule has 0 atom stereocenters. The Morgan fingerprint density at radius 1 is 1.13 bits per heavy atom. The van der Waals surface area contributed by atoms with Gasteiger partial charge in [-0.15, -0.1) is 5.10 Å². The van der Waals surface area contributed by atoms with Crippen molar-refractivity contribution in [3.63, 3.8) is 0 Å². The first-order chi connectivity index (χ1) is 11.0. The highest BCUT2D eigenvalue weighted by Crippen LogP contribution is 2.17. The molecule has 0 aliphatic carbocycles. The normalized spacial score (nSPS) is 11.7. The molecule has 0 spiro atoms. The topological polar surface area (TPSA) is 87.5 Å².